The number of sulfonamides is 1. The molecule has 2 rings (SSSR count). The standard InChI is InChI=1S/C19H30N2O4S/c1-4-21(5-2)26(23,24)18-13-17(10-7-15(18)3)19(22)20-11-6-12-25-14-16-8-9-16/h7,10,13,16H,4-6,8-9,11-12,14H2,1-3H3,(H,20,22). The van der Waals surface area contributed by atoms with Gasteiger partial charge in [-0.3, -0.25) is 4.79 Å². The topological polar surface area (TPSA) is 75.7 Å². The van der Waals surface area contributed by atoms with Gasteiger partial charge in [0.15, 0.2) is 0 Å². The average Bonchev–Trinajstić information content (AvgIpc) is 3.43. The molecule has 0 radical (unpaired) electrons. The number of aryl methyl sites for hydroxylation is 1. The molecule has 0 saturated heterocycles. The third kappa shape index (κ3) is 5.53. The number of rotatable bonds is 11. The van der Waals surface area contributed by atoms with Crippen molar-refractivity contribution in [2.45, 2.75) is 44.9 Å². The van der Waals surface area contributed by atoms with E-state index in [1.165, 1.54) is 23.2 Å². The highest BCUT2D eigenvalue weighted by atomic mass is 32.2. The van der Waals surface area contributed by atoms with Gasteiger partial charge in [-0.2, -0.15) is 4.31 Å². The van der Waals surface area contributed by atoms with Crippen molar-refractivity contribution in [3.05, 3.63) is 29.3 Å². The number of benzene rings is 1. The van der Waals surface area contributed by atoms with E-state index in [1.54, 1.807) is 32.9 Å². The van der Waals surface area contributed by atoms with Crippen LogP contribution in [0.5, 0.6) is 0 Å². The Balaban J connectivity index is 1.95. The summed E-state index contributed by atoms with van der Waals surface area (Å²) in [7, 11) is -3.59. The lowest BCUT2D eigenvalue weighted by atomic mass is 10.1. The molecule has 1 saturated carbocycles. The maximum atomic E-state index is 12.8. The summed E-state index contributed by atoms with van der Waals surface area (Å²) in [5, 5.41) is 2.83. The minimum absolute atomic E-state index is 0.196. The van der Waals surface area contributed by atoms with Crippen molar-refractivity contribution in [3.63, 3.8) is 0 Å². The van der Waals surface area contributed by atoms with E-state index in [9.17, 15) is 13.2 Å². The van der Waals surface area contributed by atoms with Crippen molar-refractivity contribution in [2.24, 2.45) is 5.92 Å². The van der Waals surface area contributed by atoms with E-state index in [2.05, 4.69) is 5.32 Å². The summed E-state index contributed by atoms with van der Waals surface area (Å²) < 4.78 is 32.5. The Labute approximate surface area is 157 Å². The van der Waals surface area contributed by atoms with Crippen molar-refractivity contribution >= 4 is 15.9 Å². The van der Waals surface area contributed by atoms with Crippen LogP contribution in [0.1, 0.15) is 49.0 Å². The first-order valence-electron chi connectivity index (χ1n) is 9.36. The zero-order valence-corrected chi connectivity index (χ0v) is 16.8. The summed E-state index contributed by atoms with van der Waals surface area (Å²) in [4.78, 5) is 12.5. The molecule has 26 heavy (non-hydrogen) atoms. The highest BCUT2D eigenvalue weighted by Crippen LogP contribution is 2.28. The summed E-state index contributed by atoms with van der Waals surface area (Å²) >= 11 is 0. The van der Waals surface area contributed by atoms with Crippen LogP contribution in [0.4, 0.5) is 0 Å². The van der Waals surface area contributed by atoms with Crippen LogP contribution >= 0.6 is 0 Å². The largest absolute Gasteiger partial charge is 0.381 e. The van der Waals surface area contributed by atoms with Crippen molar-refractivity contribution in [2.75, 3.05) is 32.8 Å². The zero-order chi connectivity index (χ0) is 19.2. The number of hydrogen-bond donors (Lipinski definition) is 1. The van der Waals surface area contributed by atoms with Gasteiger partial charge in [-0.1, -0.05) is 19.9 Å². The fourth-order valence-corrected chi connectivity index (χ4v) is 4.44. The zero-order valence-electron chi connectivity index (χ0n) is 16.0. The molecule has 0 spiro atoms. The molecule has 1 aromatic rings. The number of nitrogens with one attached hydrogen (secondary N) is 1. The van der Waals surface area contributed by atoms with Gasteiger partial charge in [-0.05, 0) is 49.8 Å². The molecule has 0 heterocycles. The third-order valence-corrected chi connectivity index (χ3v) is 6.77. The van der Waals surface area contributed by atoms with Crippen LogP contribution in [-0.4, -0.2) is 51.5 Å². The molecule has 7 heteroatoms. The van der Waals surface area contributed by atoms with E-state index in [4.69, 9.17) is 4.74 Å². The number of amides is 1. The molecule has 6 nitrogen and oxygen atoms in total. The van der Waals surface area contributed by atoms with E-state index >= 15 is 0 Å². The van der Waals surface area contributed by atoms with Crippen LogP contribution in [-0.2, 0) is 14.8 Å². The molecule has 0 bridgehead atoms. The Morgan fingerprint density at radius 3 is 2.58 bits per heavy atom. The maximum Gasteiger partial charge on any atom is 0.251 e. The molecule has 0 atom stereocenters. The van der Waals surface area contributed by atoms with Crippen molar-refractivity contribution < 1.29 is 17.9 Å². The lowest BCUT2D eigenvalue weighted by Gasteiger charge is -2.20. The molecule has 1 aliphatic carbocycles. The molecule has 0 unspecified atom stereocenters. The Bertz CT molecular complexity index is 710. The van der Waals surface area contributed by atoms with Crippen LogP contribution in [0.25, 0.3) is 0 Å². The van der Waals surface area contributed by atoms with E-state index < -0.39 is 10.0 Å². The number of hydrogen-bond acceptors (Lipinski definition) is 4. The first-order valence-corrected chi connectivity index (χ1v) is 10.8. The van der Waals surface area contributed by atoms with Gasteiger partial charge in [0.05, 0.1) is 4.90 Å². The second-order valence-corrected chi connectivity index (χ2v) is 8.60. The van der Waals surface area contributed by atoms with Gasteiger partial charge in [0, 0.05) is 38.4 Å². The molecule has 1 fully saturated rings. The van der Waals surface area contributed by atoms with Gasteiger partial charge in [-0.25, -0.2) is 8.42 Å². The summed E-state index contributed by atoms with van der Waals surface area (Å²) in [5.41, 5.74) is 1.00. The first kappa shape index (κ1) is 20.9. The van der Waals surface area contributed by atoms with Crippen LogP contribution in [0.15, 0.2) is 23.1 Å². The monoisotopic (exact) mass is 382 g/mol. The molecule has 0 aliphatic heterocycles. The molecule has 0 aromatic heterocycles. The van der Waals surface area contributed by atoms with E-state index in [-0.39, 0.29) is 10.8 Å². The van der Waals surface area contributed by atoms with Gasteiger partial charge in [0.1, 0.15) is 0 Å². The normalized spacial score (nSPS) is 14.6. The second-order valence-electron chi connectivity index (χ2n) is 6.70. The SMILES string of the molecule is CCN(CC)S(=O)(=O)c1cc(C(=O)NCCCOCC2CC2)ccc1C. The van der Waals surface area contributed by atoms with Crippen molar-refractivity contribution in [1.82, 2.24) is 9.62 Å². The molecule has 1 amide bonds. The molecule has 1 N–H and O–H groups in total. The van der Waals surface area contributed by atoms with Gasteiger partial charge in [0.25, 0.3) is 5.91 Å². The number of carbonyl (C=O) groups excluding carboxylic acids is 1. The van der Waals surface area contributed by atoms with E-state index in [1.807, 2.05) is 0 Å². The minimum Gasteiger partial charge on any atom is -0.381 e. The Hall–Kier alpha value is -1.44. The van der Waals surface area contributed by atoms with Gasteiger partial charge < -0.3 is 10.1 Å². The summed E-state index contributed by atoms with van der Waals surface area (Å²) in [6.45, 7) is 8.11. The average molecular weight is 383 g/mol. The van der Waals surface area contributed by atoms with E-state index in [0.717, 1.165) is 18.9 Å². The smallest absolute Gasteiger partial charge is 0.251 e. The third-order valence-electron chi connectivity index (χ3n) is 4.58. The first-order chi connectivity index (χ1) is 12.4. The highest BCUT2D eigenvalue weighted by Gasteiger charge is 2.24. The molecule has 1 aliphatic rings. The predicted octanol–water partition coefficient (Wildman–Crippen LogP) is 2.57. The maximum absolute atomic E-state index is 12.8. The fourth-order valence-electron chi connectivity index (χ4n) is 2.73. The Morgan fingerprint density at radius 2 is 1.96 bits per heavy atom. The van der Waals surface area contributed by atoms with Crippen LogP contribution in [0.3, 0.4) is 0 Å². The van der Waals surface area contributed by atoms with Crippen LogP contribution < -0.4 is 5.32 Å². The summed E-state index contributed by atoms with van der Waals surface area (Å²) in [6, 6.07) is 4.82. The molecule has 146 valence electrons. The van der Waals surface area contributed by atoms with Crippen molar-refractivity contribution in [3.8, 4) is 0 Å². The lowest BCUT2D eigenvalue weighted by molar-refractivity contribution is 0.0937. The van der Waals surface area contributed by atoms with Gasteiger partial charge in [-0.15, -0.1) is 0 Å². The minimum atomic E-state index is -3.59. The fraction of sp³-hybridized carbons (Fsp3) is 0.632. The Kier molecular flexibility index (Phi) is 7.61. The van der Waals surface area contributed by atoms with Crippen LogP contribution in [0.2, 0.25) is 0 Å². The summed E-state index contributed by atoms with van der Waals surface area (Å²) in [5.74, 6) is 0.478. The second kappa shape index (κ2) is 9.48. The quantitative estimate of drug-likeness (QED) is 0.597. The molecular weight excluding hydrogens is 352 g/mol. The molecular formula is C19H30N2O4S. The van der Waals surface area contributed by atoms with E-state index in [0.29, 0.717) is 37.4 Å². The number of nitrogens with zero attached hydrogens (tertiary/aromatic N) is 1. The number of ether oxygens (including phenoxy) is 1. The lowest BCUT2D eigenvalue weighted by Crippen LogP contribution is -2.31. The number of carbonyl (C=O) groups is 1. The van der Waals surface area contributed by atoms with Crippen molar-refractivity contribution in [1.29, 1.82) is 0 Å². The predicted molar refractivity (Wildman–Crippen MR) is 102 cm³/mol. The highest BCUT2D eigenvalue weighted by molar-refractivity contribution is 7.89. The summed E-state index contributed by atoms with van der Waals surface area (Å²) in [6.07, 6.45) is 3.28. The molecule has 1 aromatic carbocycles. The van der Waals surface area contributed by atoms with Crippen LogP contribution in [0, 0.1) is 12.8 Å². The Morgan fingerprint density at radius 1 is 1.27 bits per heavy atom. The van der Waals surface area contributed by atoms with Gasteiger partial charge in [0.2, 0.25) is 10.0 Å². The van der Waals surface area contributed by atoms with Gasteiger partial charge >= 0.3 is 0 Å².